The Morgan fingerprint density at radius 1 is 0.469 bits per heavy atom. The zero-order valence-corrected chi connectivity index (χ0v) is 42.5. The predicted octanol–water partition coefficient (Wildman–Crippen LogP) is 15.0. The number of esters is 2. The molecule has 1 aromatic carbocycles. The van der Waals surface area contributed by atoms with E-state index in [1.807, 2.05) is 18.4 Å². The van der Waals surface area contributed by atoms with E-state index in [-0.39, 0.29) is 22.4 Å². The number of sulfone groups is 1. The minimum Gasteiger partial charge on any atom is -0.462 e. The number of unbranched alkanes of at least 4 members (excludes halogenated alkanes) is 23. The van der Waals surface area contributed by atoms with Crippen LogP contribution in [0.1, 0.15) is 214 Å². The molecule has 0 atom stereocenters. The van der Waals surface area contributed by atoms with Gasteiger partial charge in [-0.3, -0.25) is 0 Å². The van der Waals surface area contributed by atoms with Crippen molar-refractivity contribution in [3.63, 3.8) is 0 Å². The highest BCUT2D eigenvalue weighted by Gasteiger charge is 2.28. The highest BCUT2D eigenvalue weighted by atomic mass is 32.2. The van der Waals surface area contributed by atoms with E-state index in [4.69, 9.17) is 9.47 Å². The van der Waals surface area contributed by atoms with Gasteiger partial charge < -0.3 is 19.3 Å². The number of benzene rings is 1. The van der Waals surface area contributed by atoms with E-state index in [0.29, 0.717) is 25.0 Å². The second kappa shape index (κ2) is 41.1. The number of carbonyl (C=O) groups is 2. The summed E-state index contributed by atoms with van der Waals surface area (Å²) < 4.78 is 38.6. The lowest BCUT2D eigenvalue weighted by Crippen LogP contribution is -2.20. The van der Waals surface area contributed by atoms with Crippen LogP contribution in [-0.4, -0.2) is 69.5 Å². The zero-order valence-electron chi connectivity index (χ0n) is 41.6. The minimum atomic E-state index is -4.10. The Kier molecular flexibility index (Phi) is 37.7. The van der Waals surface area contributed by atoms with Crippen molar-refractivity contribution >= 4 is 21.8 Å². The van der Waals surface area contributed by atoms with Gasteiger partial charge in [-0.2, -0.15) is 0 Å². The van der Waals surface area contributed by atoms with Gasteiger partial charge in [-0.25, -0.2) is 18.0 Å². The lowest BCUT2D eigenvalue weighted by molar-refractivity contribution is -0.140. The number of hydrogen-bond donors (Lipinski definition) is 0. The monoisotopic (exact) mass is 911 g/mol. The quantitative estimate of drug-likeness (QED) is 0.0277. The second-order valence-corrected chi connectivity index (χ2v) is 19.6. The van der Waals surface area contributed by atoms with Crippen LogP contribution in [0.2, 0.25) is 0 Å². The molecule has 0 unspecified atom stereocenters. The number of allylic oxidation sites excluding steroid dienone is 4. The largest absolute Gasteiger partial charge is 0.462 e. The Bertz CT molecular complexity index is 1490. The molecule has 0 aliphatic heterocycles. The van der Waals surface area contributed by atoms with Gasteiger partial charge in [0.1, 0.15) is 0 Å². The Balaban J connectivity index is 2.71. The molecule has 1 rings (SSSR count). The summed E-state index contributed by atoms with van der Waals surface area (Å²) >= 11 is 0. The molecule has 8 nitrogen and oxygen atoms in total. The van der Waals surface area contributed by atoms with E-state index in [0.717, 1.165) is 51.9 Å². The molecule has 0 aliphatic rings. The van der Waals surface area contributed by atoms with Crippen LogP contribution in [0.3, 0.4) is 0 Å². The number of hydrogen-bond acceptors (Lipinski definition) is 8. The summed E-state index contributed by atoms with van der Waals surface area (Å²) in [6, 6.07) is 8.08. The summed E-state index contributed by atoms with van der Waals surface area (Å²) in [5.41, 5.74) is 0.578. The predicted molar refractivity (Wildman–Crippen MR) is 271 cm³/mol. The van der Waals surface area contributed by atoms with Crippen molar-refractivity contribution in [1.82, 2.24) is 9.80 Å². The Morgan fingerprint density at radius 3 is 1.22 bits per heavy atom. The van der Waals surface area contributed by atoms with E-state index in [1.165, 1.54) is 159 Å². The molecule has 0 aromatic heterocycles. The molecule has 0 fully saturated rings. The van der Waals surface area contributed by atoms with Crippen LogP contribution >= 0.6 is 0 Å². The van der Waals surface area contributed by atoms with Crippen molar-refractivity contribution in [1.29, 1.82) is 0 Å². The molecular weight excluding hydrogens is 817 g/mol. The molecule has 0 bridgehead atoms. The lowest BCUT2D eigenvalue weighted by Gasteiger charge is -2.20. The van der Waals surface area contributed by atoms with Crippen molar-refractivity contribution < 1.29 is 27.5 Å². The van der Waals surface area contributed by atoms with Crippen molar-refractivity contribution in [3.8, 4) is 0 Å². The van der Waals surface area contributed by atoms with Crippen LogP contribution in [0.15, 0.2) is 82.4 Å². The molecule has 0 amide bonds. The molecule has 0 spiro atoms. The smallest absolute Gasteiger partial charge is 0.350 e. The number of ether oxygens (including phenoxy) is 2. The first-order valence-electron chi connectivity index (χ1n) is 26.1. The van der Waals surface area contributed by atoms with Crippen molar-refractivity contribution in [2.24, 2.45) is 0 Å². The van der Waals surface area contributed by atoms with E-state index >= 15 is 0 Å². The number of carbonyl (C=O) groups excluding carboxylic acids is 2. The third-order valence-electron chi connectivity index (χ3n) is 11.8. The van der Waals surface area contributed by atoms with Gasteiger partial charge >= 0.3 is 11.9 Å². The normalized spacial score (nSPS) is 12.4. The highest BCUT2D eigenvalue weighted by Crippen LogP contribution is 2.21. The molecule has 0 N–H and O–H groups in total. The van der Waals surface area contributed by atoms with Gasteiger partial charge in [-0.1, -0.05) is 180 Å². The molecule has 366 valence electrons. The summed E-state index contributed by atoms with van der Waals surface area (Å²) in [6.07, 6.45) is 43.7. The summed E-state index contributed by atoms with van der Waals surface area (Å²) in [6.45, 7) is 15.1. The summed E-state index contributed by atoms with van der Waals surface area (Å²) in [7, 11) is -4.10. The molecule has 64 heavy (non-hydrogen) atoms. The van der Waals surface area contributed by atoms with Crippen LogP contribution in [0, 0.1) is 0 Å². The second-order valence-electron chi connectivity index (χ2n) is 17.7. The first-order valence-corrected chi connectivity index (χ1v) is 27.5. The van der Waals surface area contributed by atoms with E-state index in [1.54, 1.807) is 31.2 Å². The maximum atomic E-state index is 13.7. The van der Waals surface area contributed by atoms with Gasteiger partial charge in [0.25, 0.3) is 0 Å². The third-order valence-corrected chi connectivity index (χ3v) is 13.5. The fraction of sp³-hybridized carbons (Fsp3) is 0.709. The Labute approximate surface area is 393 Å². The molecule has 0 aliphatic carbocycles. The van der Waals surface area contributed by atoms with Crippen LogP contribution < -0.4 is 0 Å². The van der Waals surface area contributed by atoms with Gasteiger partial charge in [0.15, 0.2) is 4.91 Å². The van der Waals surface area contributed by atoms with Gasteiger partial charge in [-0.05, 0) is 101 Å². The van der Waals surface area contributed by atoms with Crippen LogP contribution in [-0.2, 0) is 28.9 Å². The maximum Gasteiger partial charge on any atom is 0.350 e. The summed E-state index contributed by atoms with van der Waals surface area (Å²) in [5.74, 6) is -1.15. The van der Waals surface area contributed by atoms with Crippen molar-refractivity contribution in [2.75, 3.05) is 39.4 Å². The minimum absolute atomic E-state index is 0.0623. The van der Waals surface area contributed by atoms with E-state index in [9.17, 15) is 18.0 Å². The van der Waals surface area contributed by atoms with Gasteiger partial charge in [0.05, 0.1) is 18.1 Å². The molecule has 0 heterocycles. The molecule has 9 heteroatoms. The zero-order chi connectivity index (χ0) is 46.8. The molecular formula is C55H94N2O6S. The Hall–Kier alpha value is -3.33. The van der Waals surface area contributed by atoms with Crippen molar-refractivity contribution in [3.05, 3.63) is 77.5 Å². The first kappa shape index (κ1) is 58.7. The van der Waals surface area contributed by atoms with Crippen LogP contribution in [0.5, 0.6) is 0 Å². The Morgan fingerprint density at radius 2 is 0.812 bits per heavy atom. The fourth-order valence-electron chi connectivity index (χ4n) is 7.60. The topological polar surface area (TPSA) is 93.2 Å². The van der Waals surface area contributed by atoms with Crippen LogP contribution in [0.4, 0.5) is 0 Å². The average molecular weight is 911 g/mol. The molecule has 1 aromatic rings. The van der Waals surface area contributed by atoms with Crippen LogP contribution in [0.25, 0.3) is 0 Å². The molecule has 0 saturated heterocycles. The molecule has 0 radical (unpaired) electrons. The molecule has 0 saturated carbocycles. The standard InChI is InChI=1S/C55H94N2O6S/c1-6-10-14-18-22-31-43-56(44-32-23-19-15-11-7-2)47-37-39-51(5)54(58)62-49-35-26-27-36-50-63-55(59)53(64(60,61)52-40-29-28-30-41-52)42-38-48-57(45-33-24-20-16-12-8-3)46-34-25-21-17-13-9-4/h28-30,37-42,47-48H,6-27,31-36,43-46,49-50H2,1-5H3/b47-37+,48-38+,51-39+,53-42-. The van der Waals surface area contributed by atoms with Gasteiger partial charge in [0, 0.05) is 31.8 Å². The van der Waals surface area contributed by atoms with E-state index in [2.05, 4.69) is 43.7 Å². The third kappa shape index (κ3) is 30.7. The lowest BCUT2D eigenvalue weighted by atomic mass is 10.1. The van der Waals surface area contributed by atoms with Gasteiger partial charge in [-0.15, -0.1) is 0 Å². The van der Waals surface area contributed by atoms with Gasteiger partial charge in [0.2, 0.25) is 9.84 Å². The summed E-state index contributed by atoms with van der Waals surface area (Å²) in [4.78, 5) is 30.5. The fourth-order valence-corrected chi connectivity index (χ4v) is 8.90. The number of nitrogens with zero attached hydrogens (tertiary/aromatic N) is 2. The maximum absolute atomic E-state index is 13.7. The highest BCUT2D eigenvalue weighted by molar-refractivity contribution is 7.96. The summed E-state index contributed by atoms with van der Waals surface area (Å²) in [5, 5.41) is 0. The first-order chi connectivity index (χ1) is 31.2. The average Bonchev–Trinajstić information content (AvgIpc) is 3.29. The van der Waals surface area contributed by atoms with E-state index < -0.39 is 15.8 Å². The van der Waals surface area contributed by atoms with Crippen molar-refractivity contribution in [2.45, 2.75) is 219 Å². The SMILES string of the molecule is CCCCCCCCN(/C=C/C=C(/C(=O)OCCCCCCOC(=O)/C(C)=C/C=C/N(CCCCCCCC)CCCCCCCC)S(=O)(=O)c1ccccc1)CCCCCCCC. The number of rotatable bonds is 43.